The van der Waals surface area contributed by atoms with Crippen LogP contribution in [0.1, 0.15) is 11.3 Å². The van der Waals surface area contributed by atoms with Crippen LogP contribution in [0.2, 0.25) is 0 Å². The number of aryl methyl sites for hydroxylation is 1. The summed E-state index contributed by atoms with van der Waals surface area (Å²) in [6.45, 7) is 2.52. The minimum absolute atomic E-state index is 0.00542. The number of hydrogen-bond donors (Lipinski definition) is 1. The second-order valence-corrected chi connectivity index (χ2v) is 4.36. The van der Waals surface area contributed by atoms with E-state index in [1.165, 1.54) is 12.1 Å². The highest BCUT2D eigenvalue weighted by molar-refractivity contribution is 5.70. The first-order valence-electron chi connectivity index (χ1n) is 5.77. The Balaban J connectivity index is 2.22. The van der Waals surface area contributed by atoms with E-state index >= 15 is 0 Å². The summed E-state index contributed by atoms with van der Waals surface area (Å²) in [4.78, 5) is 12.1. The number of non-ortho nitro benzene ring substituents is 1. The Kier molecular flexibility index (Phi) is 3.41. The molecule has 0 bridgehead atoms. The number of nitrogen functional groups attached to an aromatic ring is 1. The fourth-order valence-corrected chi connectivity index (χ4v) is 1.92. The van der Waals surface area contributed by atoms with Crippen molar-refractivity contribution >= 4 is 17.1 Å². The number of rotatable bonds is 4. The van der Waals surface area contributed by atoms with Crippen LogP contribution in [-0.2, 0) is 6.54 Å². The largest absolute Gasteiger partial charge is 0.469 e. The zero-order valence-corrected chi connectivity index (χ0v) is 10.8. The van der Waals surface area contributed by atoms with Gasteiger partial charge in [0, 0.05) is 31.3 Å². The molecule has 19 heavy (non-hydrogen) atoms. The number of benzene rings is 1. The highest BCUT2D eigenvalue weighted by Gasteiger charge is 2.13. The molecule has 1 aromatic heterocycles. The maximum Gasteiger partial charge on any atom is 0.271 e. The van der Waals surface area contributed by atoms with Crippen LogP contribution in [0.5, 0.6) is 0 Å². The van der Waals surface area contributed by atoms with Gasteiger partial charge in [0.1, 0.15) is 5.76 Å². The van der Waals surface area contributed by atoms with Crippen molar-refractivity contribution in [1.29, 1.82) is 0 Å². The van der Waals surface area contributed by atoms with Gasteiger partial charge in [0.25, 0.3) is 5.69 Å². The average Bonchev–Trinajstić information content (AvgIpc) is 2.74. The molecule has 0 saturated heterocycles. The lowest BCUT2D eigenvalue weighted by atomic mass is 10.2. The van der Waals surface area contributed by atoms with Crippen molar-refractivity contribution in [3.05, 3.63) is 52.0 Å². The van der Waals surface area contributed by atoms with Gasteiger partial charge in [0.05, 0.1) is 22.6 Å². The fourth-order valence-electron chi connectivity index (χ4n) is 1.92. The molecule has 0 aliphatic carbocycles. The van der Waals surface area contributed by atoms with Gasteiger partial charge >= 0.3 is 0 Å². The van der Waals surface area contributed by atoms with Gasteiger partial charge in [-0.25, -0.2) is 0 Å². The van der Waals surface area contributed by atoms with Gasteiger partial charge in [0.15, 0.2) is 0 Å². The zero-order valence-electron chi connectivity index (χ0n) is 10.8. The number of nitrogens with two attached hydrogens (primary N) is 1. The number of anilines is 2. The number of furan rings is 1. The van der Waals surface area contributed by atoms with Crippen molar-refractivity contribution in [2.75, 3.05) is 17.7 Å². The first-order valence-corrected chi connectivity index (χ1v) is 5.77. The Bertz CT molecular complexity index is 607. The predicted molar refractivity (Wildman–Crippen MR) is 73.1 cm³/mol. The lowest BCUT2D eigenvalue weighted by Gasteiger charge is -2.20. The Morgan fingerprint density at radius 3 is 2.68 bits per heavy atom. The summed E-state index contributed by atoms with van der Waals surface area (Å²) in [5, 5.41) is 10.7. The molecule has 0 atom stereocenters. The minimum Gasteiger partial charge on any atom is -0.469 e. The molecule has 1 heterocycles. The average molecular weight is 261 g/mol. The highest BCUT2D eigenvalue weighted by Crippen LogP contribution is 2.28. The van der Waals surface area contributed by atoms with Gasteiger partial charge in [-0.1, -0.05) is 0 Å². The molecule has 2 N–H and O–H groups in total. The standard InChI is InChI=1S/C13H15N3O3/c1-9-10(5-6-19-9)8-15(2)13-4-3-11(16(17)18)7-12(13)14/h3-7H,8,14H2,1-2H3. The minimum atomic E-state index is -0.458. The molecule has 0 unspecified atom stereocenters. The first kappa shape index (κ1) is 12.9. The normalized spacial score (nSPS) is 10.4. The fraction of sp³-hybridized carbons (Fsp3) is 0.231. The Morgan fingerprint density at radius 2 is 2.16 bits per heavy atom. The summed E-state index contributed by atoms with van der Waals surface area (Å²) < 4.78 is 5.23. The molecule has 1 aromatic carbocycles. The van der Waals surface area contributed by atoms with E-state index in [9.17, 15) is 10.1 Å². The Labute approximate surface area is 110 Å². The second-order valence-electron chi connectivity index (χ2n) is 4.36. The van der Waals surface area contributed by atoms with E-state index in [1.54, 1.807) is 12.3 Å². The van der Waals surface area contributed by atoms with Gasteiger partial charge < -0.3 is 15.1 Å². The van der Waals surface area contributed by atoms with E-state index in [0.29, 0.717) is 12.2 Å². The van der Waals surface area contributed by atoms with Crippen molar-refractivity contribution < 1.29 is 9.34 Å². The van der Waals surface area contributed by atoms with Gasteiger partial charge in [-0.3, -0.25) is 10.1 Å². The summed E-state index contributed by atoms with van der Waals surface area (Å²) in [7, 11) is 1.88. The van der Waals surface area contributed by atoms with Crippen LogP contribution in [0.4, 0.5) is 17.1 Å². The maximum absolute atomic E-state index is 10.7. The summed E-state index contributed by atoms with van der Waals surface area (Å²) in [5.74, 6) is 0.854. The maximum atomic E-state index is 10.7. The van der Waals surface area contributed by atoms with Crippen LogP contribution in [0.25, 0.3) is 0 Å². The Morgan fingerprint density at radius 1 is 1.42 bits per heavy atom. The molecule has 6 nitrogen and oxygen atoms in total. The smallest absolute Gasteiger partial charge is 0.271 e. The molecular formula is C13H15N3O3. The molecule has 2 aromatic rings. The number of nitro benzene ring substituents is 1. The molecule has 0 spiro atoms. The molecule has 6 heteroatoms. The molecular weight excluding hydrogens is 246 g/mol. The third-order valence-corrected chi connectivity index (χ3v) is 3.01. The van der Waals surface area contributed by atoms with E-state index in [1.807, 2.05) is 24.9 Å². The highest BCUT2D eigenvalue weighted by atomic mass is 16.6. The van der Waals surface area contributed by atoms with Crippen LogP contribution in [-0.4, -0.2) is 12.0 Å². The Hall–Kier alpha value is -2.50. The summed E-state index contributed by atoms with van der Waals surface area (Å²) in [6.07, 6.45) is 1.64. The van der Waals surface area contributed by atoms with Crippen LogP contribution in [0, 0.1) is 17.0 Å². The molecule has 2 rings (SSSR count). The zero-order chi connectivity index (χ0) is 14.0. The third-order valence-electron chi connectivity index (χ3n) is 3.01. The van der Waals surface area contributed by atoms with Crippen molar-refractivity contribution in [3.63, 3.8) is 0 Å². The molecule has 0 aliphatic rings. The van der Waals surface area contributed by atoms with Gasteiger partial charge in [-0.2, -0.15) is 0 Å². The first-order chi connectivity index (χ1) is 8.99. The van der Waals surface area contributed by atoms with E-state index < -0.39 is 4.92 Å². The summed E-state index contributed by atoms with van der Waals surface area (Å²) >= 11 is 0. The molecule has 0 amide bonds. The molecule has 0 radical (unpaired) electrons. The van der Waals surface area contributed by atoms with Crippen LogP contribution in [0.15, 0.2) is 34.9 Å². The van der Waals surface area contributed by atoms with E-state index in [0.717, 1.165) is 17.0 Å². The quantitative estimate of drug-likeness (QED) is 0.519. The van der Waals surface area contributed by atoms with Crippen LogP contribution in [0.3, 0.4) is 0 Å². The van der Waals surface area contributed by atoms with Crippen molar-refractivity contribution in [3.8, 4) is 0 Å². The predicted octanol–water partition coefficient (Wildman–Crippen LogP) is 2.71. The topological polar surface area (TPSA) is 85.5 Å². The molecule has 0 aliphatic heterocycles. The molecule has 0 saturated carbocycles. The number of hydrogen-bond acceptors (Lipinski definition) is 5. The SMILES string of the molecule is Cc1occc1CN(C)c1ccc([N+](=O)[O-])cc1N. The second kappa shape index (κ2) is 5.01. The van der Waals surface area contributed by atoms with E-state index in [-0.39, 0.29) is 5.69 Å². The van der Waals surface area contributed by atoms with Crippen LogP contribution >= 0.6 is 0 Å². The van der Waals surface area contributed by atoms with E-state index in [4.69, 9.17) is 10.2 Å². The van der Waals surface area contributed by atoms with E-state index in [2.05, 4.69) is 0 Å². The van der Waals surface area contributed by atoms with Crippen molar-refractivity contribution in [1.82, 2.24) is 0 Å². The monoisotopic (exact) mass is 261 g/mol. The van der Waals surface area contributed by atoms with Gasteiger partial charge in [-0.15, -0.1) is 0 Å². The number of nitro groups is 1. The van der Waals surface area contributed by atoms with Crippen molar-refractivity contribution in [2.45, 2.75) is 13.5 Å². The molecule has 0 fully saturated rings. The lowest BCUT2D eigenvalue weighted by Crippen LogP contribution is -2.18. The van der Waals surface area contributed by atoms with Crippen molar-refractivity contribution in [2.24, 2.45) is 0 Å². The lowest BCUT2D eigenvalue weighted by molar-refractivity contribution is -0.384. The van der Waals surface area contributed by atoms with Crippen LogP contribution < -0.4 is 10.6 Å². The molecule has 100 valence electrons. The van der Waals surface area contributed by atoms with Gasteiger partial charge in [-0.05, 0) is 19.1 Å². The summed E-state index contributed by atoms with van der Waals surface area (Å²) in [6, 6.07) is 6.37. The van der Waals surface area contributed by atoms with Gasteiger partial charge in [0.2, 0.25) is 0 Å². The third kappa shape index (κ3) is 2.67. The summed E-state index contributed by atoms with van der Waals surface area (Å²) in [5.41, 5.74) is 8.05. The number of nitrogens with zero attached hydrogens (tertiary/aromatic N) is 2.